The van der Waals surface area contributed by atoms with Crippen LogP contribution >= 0.6 is 0 Å². The molecule has 1 heterocycles. The van der Waals surface area contributed by atoms with E-state index in [0.717, 1.165) is 0 Å². The molecule has 0 atom stereocenters. The van der Waals surface area contributed by atoms with Crippen LogP contribution in [0.1, 0.15) is 0 Å². The molecule has 1 nitrogen and oxygen atoms in total. The van der Waals surface area contributed by atoms with E-state index in [2.05, 4.69) is 84.4 Å². The molecule has 3 aromatic carbocycles. The van der Waals surface area contributed by atoms with E-state index in [9.17, 15) is 0 Å². The summed E-state index contributed by atoms with van der Waals surface area (Å²) in [5.74, 6) is 0. The number of hydrogen-bond donors (Lipinski definition) is 0. The average molecular weight is 257 g/mol. The molecule has 4 rings (SSSR count). The highest BCUT2D eigenvalue weighted by Crippen LogP contribution is 2.32. The molecule has 1 aromatic heterocycles. The predicted octanol–water partition coefficient (Wildman–Crippen LogP) is 5.00. The van der Waals surface area contributed by atoms with Crippen LogP contribution in [0.4, 0.5) is 0 Å². The van der Waals surface area contributed by atoms with Gasteiger partial charge in [-0.2, -0.15) is 0 Å². The third-order valence-corrected chi connectivity index (χ3v) is 4.02. The van der Waals surface area contributed by atoms with Gasteiger partial charge in [0.05, 0.1) is 0 Å². The summed E-state index contributed by atoms with van der Waals surface area (Å²) in [5, 5.41) is 3.88. The number of rotatable bonds is 1. The van der Waals surface area contributed by atoms with Gasteiger partial charge in [-0.3, -0.25) is 0 Å². The van der Waals surface area contributed by atoms with Gasteiger partial charge in [0.15, 0.2) is 0 Å². The molecule has 0 saturated carbocycles. The van der Waals surface area contributed by atoms with E-state index in [1.807, 2.05) is 0 Å². The second kappa shape index (κ2) is 4.24. The zero-order valence-corrected chi connectivity index (χ0v) is 11.4. The summed E-state index contributed by atoms with van der Waals surface area (Å²) in [4.78, 5) is 0. The van der Waals surface area contributed by atoms with E-state index in [1.165, 1.54) is 32.9 Å². The van der Waals surface area contributed by atoms with Crippen molar-refractivity contribution in [2.24, 2.45) is 7.05 Å². The van der Waals surface area contributed by atoms with Gasteiger partial charge in [0.1, 0.15) is 0 Å². The lowest BCUT2D eigenvalue weighted by Crippen LogP contribution is -1.91. The fourth-order valence-electron chi connectivity index (χ4n) is 3.00. The van der Waals surface area contributed by atoms with Gasteiger partial charge in [0.25, 0.3) is 0 Å². The highest BCUT2D eigenvalue weighted by molar-refractivity contribution is 5.99. The maximum atomic E-state index is 2.27. The third kappa shape index (κ3) is 1.56. The van der Waals surface area contributed by atoms with Gasteiger partial charge in [-0.05, 0) is 22.9 Å². The van der Waals surface area contributed by atoms with E-state index < -0.39 is 0 Å². The van der Waals surface area contributed by atoms with Crippen molar-refractivity contribution >= 4 is 21.7 Å². The molecule has 0 radical (unpaired) electrons. The summed E-state index contributed by atoms with van der Waals surface area (Å²) in [7, 11) is 2.14. The molecule has 0 spiro atoms. The van der Waals surface area contributed by atoms with E-state index in [4.69, 9.17) is 0 Å². The first kappa shape index (κ1) is 11.3. The van der Waals surface area contributed by atoms with Crippen molar-refractivity contribution in [1.82, 2.24) is 4.57 Å². The van der Waals surface area contributed by atoms with Crippen LogP contribution in [-0.2, 0) is 7.05 Å². The minimum atomic E-state index is 1.27. The predicted molar refractivity (Wildman–Crippen MR) is 85.9 cm³/mol. The van der Waals surface area contributed by atoms with Crippen LogP contribution in [0, 0.1) is 0 Å². The standard InChI is InChI=1S/C19H15N/c1-20-18-12-5-3-8-15(18)13-19(20)17-11-6-9-14-7-2-4-10-16(14)17/h2-13H,1H3. The number of benzene rings is 3. The number of fused-ring (bicyclic) bond motifs is 2. The van der Waals surface area contributed by atoms with Gasteiger partial charge in [0.2, 0.25) is 0 Å². The van der Waals surface area contributed by atoms with Crippen molar-refractivity contribution in [3.8, 4) is 11.3 Å². The average Bonchev–Trinajstić information content (AvgIpc) is 2.84. The maximum Gasteiger partial charge on any atom is 0.0494 e. The smallest absolute Gasteiger partial charge is 0.0494 e. The van der Waals surface area contributed by atoms with Crippen LogP contribution in [0.15, 0.2) is 72.8 Å². The molecule has 20 heavy (non-hydrogen) atoms. The van der Waals surface area contributed by atoms with Crippen LogP contribution in [-0.4, -0.2) is 4.57 Å². The van der Waals surface area contributed by atoms with Gasteiger partial charge in [-0.25, -0.2) is 0 Å². The number of para-hydroxylation sites is 1. The second-order valence-corrected chi connectivity index (χ2v) is 5.17. The van der Waals surface area contributed by atoms with Crippen molar-refractivity contribution in [3.63, 3.8) is 0 Å². The fraction of sp³-hybridized carbons (Fsp3) is 0.0526. The number of hydrogen-bond acceptors (Lipinski definition) is 0. The quantitative estimate of drug-likeness (QED) is 0.452. The van der Waals surface area contributed by atoms with E-state index >= 15 is 0 Å². The van der Waals surface area contributed by atoms with Crippen LogP contribution in [0.3, 0.4) is 0 Å². The molecular formula is C19H15N. The number of aromatic nitrogens is 1. The Labute approximate surface area is 118 Å². The Kier molecular flexibility index (Phi) is 2.40. The Hall–Kier alpha value is -2.54. The van der Waals surface area contributed by atoms with Gasteiger partial charge in [0, 0.05) is 29.2 Å². The van der Waals surface area contributed by atoms with Crippen molar-refractivity contribution in [2.75, 3.05) is 0 Å². The highest BCUT2D eigenvalue weighted by Gasteiger charge is 2.09. The lowest BCUT2D eigenvalue weighted by atomic mass is 10.0. The van der Waals surface area contributed by atoms with E-state index in [-0.39, 0.29) is 0 Å². The molecule has 1 heteroatoms. The summed E-state index contributed by atoms with van der Waals surface area (Å²) in [5.41, 5.74) is 3.83. The molecule has 0 unspecified atom stereocenters. The first-order valence-electron chi connectivity index (χ1n) is 6.87. The molecule has 0 fully saturated rings. The van der Waals surface area contributed by atoms with E-state index in [0.29, 0.717) is 0 Å². The first-order valence-corrected chi connectivity index (χ1v) is 6.87. The van der Waals surface area contributed by atoms with Crippen molar-refractivity contribution < 1.29 is 0 Å². The van der Waals surface area contributed by atoms with Gasteiger partial charge < -0.3 is 4.57 Å². The Morgan fingerprint density at radius 3 is 2.25 bits per heavy atom. The minimum Gasteiger partial charge on any atom is -0.344 e. The minimum absolute atomic E-state index is 1.27. The zero-order valence-electron chi connectivity index (χ0n) is 11.4. The summed E-state index contributed by atoms with van der Waals surface area (Å²) in [6, 6.07) is 25.9. The van der Waals surface area contributed by atoms with Crippen molar-refractivity contribution in [2.45, 2.75) is 0 Å². The maximum absolute atomic E-state index is 2.27. The largest absolute Gasteiger partial charge is 0.344 e. The van der Waals surface area contributed by atoms with Gasteiger partial charge in [-0.1, -0.05) is 60.7 Å². The molecule has 0 amide bonds. The Bertz CT molecular complexity index is 910. The number of nitrogens with zero attached hydrogens (tertiary/aromatic N) is 1. The molecule has 96 valence electrons. The summed E-state index contributed by atoms with van der Waals surface area (Å²) >= 11 is 0. The monoisotopic (exact) mass is 257 g/mol. The van der Waals surface area contributed by atoms with Crippen LogP contribution in [0.2, 0.25) is 0 Å². The third-order valence-electron chi connectivity index (χ3n) is 4.02. The molecule has 0 bridgehead atoms. The van der Waals surface area contributed by atoms with Crippen molar-refractivity contribution in [3.05, 3.63) is 72.8 Å². The first-order chi connectivity index (χ1) is 9.84. The van der Waals surface area contributed by atoms with Crippen molar-refractivity contribution in [1.29, 1.82) is 0 Å². The van der Waals surface area contributed by atoms with Crippen LogP contribution in [0.25, 0.3) is 32.9 Å². The molecular weight excluding hydrogens is 242 g/mol. The Balaban J connectivity index is 2.09. The topological polar surface area (TPSA) is 4.93 Å². The Morgan fingerprint density at radius 2 is 1.40 bits per heavy atom. The van der Waals surface area contributed by atoms with Crippen LogP contribution in [0.5, 0.6) is 0 Å². The molecule has 0 aliphatic carbocycles. The SMILES string of the molecule is Cn1c(-c2cccc3ccccc23)cc2ccccc21. The summed E-state index contributed by atoms with van der Waals surface area (Å²) in [6.45, 7) is 0. The second-order valence-electron chi connectivity index (χ2n) is 5.17. The summed E-state index contributed by atoms with van der Waals surface area (Å²) < 4.78 is 2.27. The van der Waals surface area contributed by atoms with Gasteiger partial charge >= 0.3 is 0 Å². The normalized spacial score (nSPS) is 11.2. The summed E-state index contributed by atoms with van der Waals surface area (Å²) in [6.07, 6.45) is 0. The number of aryl methyl sites for hydroxylation is 1. The Morgan fingerprint density at radius 1 is 0.700 bits per heavy atom. The highest BCUT2D eigenvalue weighted by atomic mass is 14.9. The lowest BCUT2D eigenvalue weighted by molar-refractivity contribution is 0.980. The fourth-order valence-corrected chi connectivity index (χ4v) is 3.00. The van der Waals surface area contributed by atoms with Gasteiger partial charge in [-0.15, -0.1) is 0 Å². The van der Waals surface area contributed by atoms with E-state index in [1.54, 1.807) is 0 Å². The zero-order chi connectivity index (χ0) is 13.5. The molecule has 0 aliphatic rings. The lowest BCUT2D eigenvalue weighted by Gasteiger charge is -2.08. The molecule has 0 saturated heterocycles. The molecule has 4 aromatic rings. The molecule has 0 aliphatic heterocycles. The van der Waals surface area contributed by atoms with Crippen LogP contribution < -0.4 is 0 Å². The molecule has 0 N–H and O–H groups in total.